The zero-order valence-electron chi connectivity index (χ0n) is 16.3. The lowest BCUT2D eigenvalue weighted by Crippen LogP contribution is -2.23. The molecule has 0 aliphatic heterocycles. The van der Waals surface area contributed by atoms with Crippen LogP contribution < -0.4 is 15.4 Å². The van der Waals surface area contributed by atoms with Crippen LogP contribution in [0.2, 0.25) is 0 Å². The van der Waals surface area contributed by atoms with Gasteiger partial charge in [-0.1, -0.05) is 17.3 Å². The molecule has 8 heteroatoms. The van der Waals surface area contributed by atoms with E-state index in [1.54, 1.807) is 26.3 Å². The van der Waals surface area contributed by atoms with Crippen LogP contribution in [0, 0.1) is 0 Å². The second kappa shape index (κ2) is 9.50. The second-order valence-corrected chi connectivity index (χ2v) is 6.29. The summed E-state index contributed by atoms with van der Waals surface area (Å²) >= 11 is 0. The van der Waals surface area contributed by atoms with Crippen molar-refractivity contribution >= 4 is 11.8 Å². The maximum absolute atomic E-state index is 12.1. The van der Waals surface area contributed by atoms with E-state index in [4.69, 9.17) is 9.26 Å². The smallest absolute Gasteiger partial charge is 0.251 e. The van der Waals surface area contributed by atoms with Crippen molar-refractivity contribution in [2.75, 3.05) is 14.2 Å². The van der Waals surface area contributed by atoms with Crippen LogP contribution in [-0.4, -0.2) is 36.1 Å². The predicted molar refractivity (Wildman–Crippen MR) is 106 cm³/mol. The van der Waals surface area contributed by atoms with Crippen molar-refractivity contribution in [3.63, 3.8) is 0 Å². The molecule has 8 nitrogen and oxygen atoms in total. The van der Waals surface area contributed by atoms with Gasteiger partial charge in [0.25, 0.3) is 5.91 Å². The number of benzene rings is 2. The molecule has 1 heterocycles. The molecule has 2 aromatic carbocycles. The highest BCUT2D eigenvalue weighted by Crippen LogP contribution is 2.20. The lowest BCUT2D eigenvalue weighted by molar-refractivity contribution is -0.121. The lowest BCUT2D eigenvalue weighted by atomic mass is 10.1. The lowest BCUT2D eigenvalue weighted by Gasteiger charge is -2.05. The van der Waals surface area contributed by atoms with Crippen molar-refractivity contribution < 1.29 is 18.8 Å². The van der Waals surface area contributed by atoms with Crippen LogP contribution in [0.15, 0.2) is 53.1 Å². The quantitative estimate of drug-likeness (QED) is 0.607. The monoisotopic (exact) mass is 394 g/mol. The van der Waals surface area contributed by atoms with Crippen molar-refractivity contribution in [3.8, 4) is 17.1 Å². The van der Waals surface area contributed by atoms with Gasteiger partial charge in [0.2, 0.25) is 17.6 Å². The van der Waals surface area contributed by atoms with Gasteiger partial charge in [-0.2, -0.15) is 4.98 Å². The van der Waals surface area contributed by atoms with Gasteiger partial charge in [-0.25, -0.2) is 0 Å². The summed E-state index contributed by atoms with van der Waals surface area (Å²) in [6.45, 7) is 0.383. The van der Waals surface area contributed by atoms with Crippen molar-refractivity contribution in [2.45, 2.75) is 19.4 Å². The molecular weight excluding hydrogens is 372 g/mol. The average molecular weight is 394 g/mol. The summed E-state index contributed by atoms with van der Waals surface area (Å²) in [5.41, 5.74) is 2.29. The van der Waals surface area contributed by atoms with Gasteiger partial charge < -0.3 is 19.9 Å². The molecule has 0 unspecified atom stereocenters. The Morgan fingerprint density at radius 3 is 2.45 bits per heavy atom. The second-order valence-electron chi connectivity index (χ2n) is 6.29. The number of carbonyl (C=O) groups excluding carboxylic acids is 2. The highest BCUT2D eigenvalue weighted by molar-refractivity contribution is 5.93. The van der Waals surface area contributed by atoms with Crippen LogP contribution in [-0.2, 0) is 17.8 Å². The summed E-state index contributed by atoms with van der Waals surface area (Å²) < 4.78 is 10.3. The van der Waals surface area contributed by atoms with Crippen LogP contribution in [0.3, 0.4) is 0 Å². The Balaban J connectivity index is 1.47. The van der Waals surface area contributed by atoms with E-state index in [-0.39, 0.29) is 18.2 Å². The van der Waals surface area contributed by atoms with Gasteiger partial charge >= 0.3 is 0 Å². The summed E-state index contributed by atoms with van der Waals surface area (Å²) in [6, 6.07) is 14.4. The Kier molecular flexibility index (Phi) is 6.57. The first kappa shape index (κ1) is 20.1. The number of aryl methyl sites for hydroxylation is 1. The van der Waals surface area contributed by atoms with Crippen molar-refractivity contribution in [2.24, 2.45) is 0 Å². The normalized spacial score (nSPS) is 10.4. The van der Waals surface area contributed by atoms with Crippen LogP contribution >= 0.6 is 0 Å². The van der Waals surface area contributed by atoms with E-state index in [9.17, 15) is 9.59 Å². The summed E-state index contributed by atoms with van der Waals surface area (Å²) in [5.74, 6) is 1.36. The molecule has 150 valence electrons. The van der Waals surface area contributed by atoms with Gasteiger partial charge in [-0.15, -0.1) is 0 Å². The number of methoxy groups -OCH3 is 1. The molecule has 3 aromatic rings. The Hall–Kier alpha value is -3.68. The van der Waals surface area contributed by atoms with E-state index in [2.05, 4.69) is 20.8 Å². The molecular formula is C21H22N4O4. The number of nitrogens with one attached hydrogen (secondary N) is 2. The molecule has 3 rings (SSSR count). The topological polar surface area (TPSA) is 106 Å². The average Bonchev–Trinajstić information content (AvgIpc) is 3.25. The van der Waals surface area contributed by atoms with E-state index in [1.165, 1.54) is 0 Å². The number of hydrogen-bond acceptors (Lipinski definition) is 6. The summed E-state index contributed by atoms with van der Waals surface area (Å²) in [6.07, 6.45) is 0.588. The Labute approximate surface area is 168 Å². The number of amides is 2. The van der Waals surface area contributed by atoms with Crippen LogP contribution in [0.25, 0.3) is 11.4 Å². The molecule has 2 amide bonds. The summed E-state index contributed by atoms with van der Waals surface area (Å²) in [7, 11) is 3.19. The number of ether oxygens (including phenoxy) is 1. The van der Waals surface area contributed by atoms with Gasteiger partial charge in [-0.3, -0.25) is 9.59 Å². The van der Waals surface area contributed by atoms with Crippen molar-refractivity contribution in [1.82, 2.24) is 20.8 Å². The molecule has 0 fully saturated rings. The Bertz CT molecular complexity index is 965. The number of rotatable bonds is 8. The third kappa shape index (κ3) is 5.41. The standard InChI is InChI=1S/C21H22N4O4/c1-22-21(27)16-5-3-14(4-6-16)13-23-18(26)11-12-19-24-20(25-29-19)15-7-9-17(28-2)10-8-15/h3-10H,11-13H2,1-2H3,(H,22,27)(H,23,26). The third-order valence-electron chi connectivity index (χ3n) is 4.32. The summed E-state index contributed by atoms with van der Waals surface area (Å²) in [5, 5.41) is 9.36. The molecule has 0 radical (unpaired) electrons. The minimum Gasteiger partial charge on any atom is -0.497 e. The maximum Gasteiger partial charge on any atom is 0.251 e. The van der Waals surface area contributed by atoms with Gasteiger partial charge in [-0.05, 0) is 42.0 Å². The molecule has 0 aliphatic rings. The molecule has 1 aromatic heterocycles. The van der Waals surface area contributed by atoms with E-state index in [0.29, 0.717) is 30.2 Å². The minimum absolute atomic E-state index is 0.121. The van der Waals surface area contributed by atoms with Gasteiger partial charge in [0.05, 0.1) is 7.11 Å². The Morgan fingerprint density at radius 2 is 1.79 bits per heavy atom. The van der Waals surface area contributed by atoms with Gasteiger partial charge in [0.15, 0.2) is 0 Å². The van der Waals surface area contributed by atoms with Gasteiger partial charge in [0, 0.05) is 37.6 Å². The van der Waals surface area contributed by atoms with Crippen LogP contribution in [0.5, 0.6) is 5.75 Å². The minimum atomic E-state index is -0.144. The molecule has 0 saturated carbocycles. The SMILES string of the molecule is CNC(=O)c1ccc(CNC(=O)CCc2nc(-c3ccc(OC)cc3)no2)cc1. The number of hydrogen-bond donors (Lipinski definition) is 2. The first-order valence-corrected chi connectivity index (χ1v) is 9.14. The highest BCUT2D eigenvalue weighted by atomic mass is 16.5. The molecule has 0 saturated heterocycles. The number of nitrogens with zero attached hydrogens (tertiary/aromatic N) is 2. The predicted octanol–water partition coefficient (Wildman–Crippen LogP) is 2.35. The van der Waals surface area contributed by atoms with Crippen LogP contribution in [0.4, 0.5) is 0 Å². The highest BCUT2D eigenvalue weighted by Gasteiger charge is 2.11. The fraction of sp³-hybridized carbons (Fsp3) is 0.238. The maximum atomic E-state index is 12.1. The zero-order valence-corrected chi connectivity index (χ0v) is 16.3. The molecule has 0 spiro atoms. The van der Waals surface area contributed by atoms with E-state index in [1.807, 2.05) is 36.4 Å². The first-order chi connectivity index (χ1) is 14.1. The molecule has 0 aliphatic carbocycles. The summed E-state index contributed by atoms with van der Waals surface area (Å²) in [4.78, 5) is 27.9. The molecule has 0 atom stereocenters. The van der Waals surface area contributed by atoms with Crippen molar-refractivity contribution in [1.29, 1.82) is 0 Å². The molecule has 29 heavy (non-hydrogen) atoms. The van der Waals surface area contributed by atoms with E-state index < -0.39 is 0 Å². The van der Waals surface area contributed by atoms with Gasteiger partial charge in [0.1, 0.15) is 5.75 Å². The zero-order chi connectivity index (χ0) is 20.6. The van der Waals surface area contributed by atoms with E-state index >= 15 is 0 Å². The number of aromatic nitrogens is 2. The molecule has 2 N–H and O–H groups in total. The van der Waals surface area contributed by atoms with Crippen LogP contribution in [0.1, 0.15) is 28.2 Å². The fourth-order valence-corrected chi connectivity index (χ4v) is 2.64. The Morgan fingerprint density at radius 1 is 1.07 bits per heavy atom. The van der Waals surface area contributed by atoms with E-state index in [0.717, 1.165) is 16.9 Å². The third-order valence-corrected chi connectivity index (χ3v) is 4.32. The van der Waals surface area contributed by atoms with Crippen molar-refractivity contribution in [3.05, 3.63) is 65.5 Å². The fourth-order valence-electron chi connectivity index (χ4n) is 2.64. The first-order valence-electron chi connectivity index (χ1n) is 9.14. The molecule has 0 bridgehead atoms. The number of carbonyl (C=O) groups is 2. The largest absolute Gasteiger partial charge is 0.497 e.